The molecule has 3 rings (SSSR count). The van der Waals surface area contributed by atoms with Crippen molar-refractivity contribution in [1.82, 2.24) is 0 Å². The Kier molecular flexibility index (Phi) is 2.94. The zero-order valence-corrected chi connectivity index (χ0v) is 10.1. The average molecular weight is 242 g/mol. The number of dihydropyridines is 1. The lowest BCUT2D eigenvalue weighted by Gasteiger charge is -2.08. The van der Waals surface area contributed by atoms with Crippen LogP contribution in [0.1, 0.15) is 24.4 Å². The monoisotopic (exact) mass is 242 g/mol. The first-order valence-corrected chi connectivity index (χ1v) is 6.23. The van der Waals surface area contributed by atoms with Crippen LogP contribution in [0.25, 0.3) is 0 Å². The van der Waals surface area contributed by atoms with E-state index in [0.29, 0.717) is 5.75 Å². The number of nitrogens with zero attached hydrogens (tertiary/aromatic N) is 2. The van der Waals surface area contributed by atoms with Gasteiger partial charge in [-0.25, -0.2) is 5.43 Å². The van der Waals surface area contributed by atoms with Crippen molar-refractivity contribution < 1.29 is 10.5 Å². The number of phenolic OH excluding ortho intramolecular Hbond substituents is 1. The topological polar surface area (TPSA) is 61.6 Å². The average Bonchev–Trinajstić information content (AvgIpc) is 2.90. The van der Waals surface area contributed by atoms with Gasteiger partial charge in [-0.2, -0.15) is 0 Å². The predicted octanol–water partition coefficient (Wildman–Crippen LogP) is 1.16. The predicted molar refractivity (Wildman–Crippen MR) is 70.9 cm³/mol. The number of para-hydroxylation sites is 1. The van der Waals surface area contributed by atoms with E-state index in [4.69, 9.17) is 0 Å². The maximum Gasteiger partial charge on any atom is 0.145 e. The van der Waals surface area contributed by atoms with E-state index in [2.05, 4.69) is 16.2 Å². The quantitative estimate of drug-likeness (QED) is 0.751. The van der Waals surface area contributed by atoms with Gasteiger partial charge in [0.25, 0.3) is 0 Å². The Labute approximate surface area is 106 Å². The molecular weight excluding hydrogens is 226 g/mol. The van der Waals surface area contributed by atoms with Gasteiger partial charge in [0.1, 0.15) is 17.5 Å². The van der Waals surface area contributed by atoms with E-state index in [1.807, 2.05) is 29.8 Å². The molecule has 4 heteroatoms. The first-order valence-electron chi connectivity index (χ1n) is 6.23. The third kappa shape index (κ3) is 2.07. The van der Waals surface area contributed by atoms with Crippen LogP contribution >= 0.6 is 0 Å². The normalized spacial score (nSPS) is 22.8. The summed E-state index contributed by atoms with van der Waals surface area (Å²) in [6.07, 6.45) is 5.93. The molecule has 1 aromatic carbocycles. The molecule has 0 bridgehead atoms. The fourth-order valence-electron chi connectivity index (χ4n) is 2.38. The molecule has 0 saturated heterocycles. The number of quaternary nitrogens is 1. The zero-order valence-electron chi connectivity index (χ0n) is 10.1. The Bertz CT molecular complexity index is 546. The van der Waals surface area contributed by atoms with Crippen LogP contribution in [-0.2, 0) is 0 Å². The molecule has 92 valence electrons. The van der Waals surface area contributed by atoms with Crippen LogP contribution in [0, 0.1) is 0 Å². The minimum absolute atomic E-state index is 0.178. The van der Waals surface area contributed by atoms with E-state index < -0.39 is 0 Å². The molecule has 0 aromatic heterocycles. The van der Waals surface area contributed by atoms with Crippen LogP contribution < -0.4 is 5.43 Å². The highest BCUT2D eigenvalue weighted by molar-refractivity contribution is 6.16. The van der Waals surface area contributed by atoms with Gasteiger partial charge in [-0.15, -0.1) is 0 Å². The Morgan fingerprint density at radius 2 is 2.17 bits per heavy atom. The molecular formula is C14H16N3O+. The number of benzene rings is 1. The molecule has 18 heavy (non-hydrogen) atoms. The Morgan fingerprint density at radius 1 is 1.28 bits per heavy atom. The molecule has 1 atom stereocenters. The second-order valence-electron chi connectivity index (χ2n) is 4.58. The molecule has 2 aliphatic heterocycles. The van der Waals surface area contributed by atoms with Crippen LogP contribution in [0.2, 0.25) is 0 Å². The van der Waals surface area contributed by atoms with Gasteiger partial charge in [0.05, 0.1) is 12.0 Å². The van der Waals surface area contributed by atoms with Crippen molar-refractivity contribution in [2.24, 2.45) is 10.1 Å². The summed E-state index contributed by atoms with van der Waals surface area (Å²) < 4.78 is 0. The molecule has 3 N–H and O–H groups in total. The number of allylic oxidation sites excluding steroid dienone is 1. The minimum atomic E-state index is 0.178. The van der Waals surface area contributed by atoms with Crippen molar-refractivity contribution >= 4 is 11.9 Å². The van der Waals surface area contributed by atoms with E-state index in [1.54, 1.807) is 6.07 Å². The number of phenols is 1. The summed E-state index contributed by atoms with van der Waals surface area (Å²) in [6.45, 7) is 0.878. The van der Waals surface area contributed by atoms with Gasteiger partial charge in [-0.3, -0.25) is 4.99 Å². The number of aliphatic imine (C=N–C) groups is 1. The first kappa shape index (κ1) is 11.2. The Hall–Kier alpha value is -1.94. The first-order chi connectivity index (χ1) is 8.84. The lowest BCUT2D eigenvalue weighted by atomic mass is 9.98. The maximum absolute atomic E-state index is 9.86. The van der Waals surface area contributed by atoms with E-state index in [9.17, 15) is 5.11 Å². The fraction of sp³-hybridized carbons (Fsp3) is 0.286. The molecule has 0 spiro atoms. The molecule has 0 saturated carbocycles. The van der Waals surface area contributed by atoms with Crippen molar-refractivity contribution in [1.29, 1.82) is 0 Å². The SMILES string of the molecule is Oc1ccccc1C1CC(C2=CCCN=C2)=N[NH2+]1. The van der Waals surface area contributed by atoms with Gasteiger partial charge in [0.15, 0.2) is 0 Å². The second-order valence-corrected chi connectivity index (χ2v) is 4.58. The van der Waals surface area contributed by atoms with E-state index in [1.165, 1.54) is 0 Å². The third-order valence-electron chi connectivity index (χ3n) is 3.35. The summed E-state index contributed by atoms with van der Waals surface area (Å²) in [5.41, 5.74) is 5.08. The van der Waals surface area contributed by atoms with Gasteiger partial charge >= 0.3 is 0 Å². The van der Waals surface area contributed by atoms with Gasteiger partial charge in [0, 0.05) is 18.3 Å². The summed E-state index contributed by atoms with van der Waals surface area (Å²) in [7, 11) is 0. The van der Waals surface area contributed by atoms with Crippen LogP contribution in [0.3, 0.4) is 0 Å². The smallest absolute Gasteiger partial charge is 0.145 e. The van der Waals surface area contributed by atoms with Crippen LogP contribution in [0.4, 0.5) is 0 Å². The number of nitrogens with two attached hydrogens (primary N) is 1. The van der Waals surface area contributed by atoms with Crippen LogP contribution in [0.15, 0.2) is 46.0 Å². The summed E-state index contributed by atoms with van der Waals surface area (Å²) in [5.74, 6) is 0.349. The largest absolute Gasteiger partial charge is 0.507 e. The van der Waals surface area contributed by atoms with E-state index >= 15 is 0 Å². The summed E-state index contributed by atoms with van der Waals surface area (Å²) in [5, 5.41) is 14.3. The highest BCUT2D eigenvalue weighted by Gasteiger charge is 2.28. The molecule has 0 radical (unpaired) electrons. The Balaban J connectivity index is 1.77. The number of aromatic hydroxyl groups is 1. The van der Waals surface area contributed by atoms with Gasteiger partial charge < -0.3 is 5.11 Å². The molecule has 2 heterocycles. The highest BCUT2D eigenvalue weighted by atomic mass is 16.3. The molecule has 0 amide bonds. The lowest BCUT2D eigenvalue weighted by Crippen LogP contribution is -2.76. The standard InChI is InChI=1S/C14H15N3O/c18-14-6-2-1-5-11(14)13-8-12(16-17-13)10-4-3-7-15-9-10/h1-2,4-6,9,13,17-18H,3,7-8H2/p+1. The second kappa shape index (κ2) is 4.74. The number of hydrogen-bond acceptors (Lipinski definition) is 3. The van der Waals surface area contributed by atoms with E-state index in [0.717, 1.165) is 36.2 Å². The molecule has 1 aromatic rings. The minimum Gasteiger partial charge on any atom is -0.507 e. The number of hydrogen-bond donors (Lipinski definition) is 2. The highest BCUT2D eigenvalue weighted by Crippen LogP contribution is 2.26. The number of rotatable bonds is 2. The van der Waals surface area contributed by atoms with Crippen LogP contribution in [0.5, 0.6) is 5.75 Å². The molecule has 4 nitrogen and oxygen atoms in total. The van der Waals surface area contributed by atoms with Gasteiger partial charge in [-0.1, -0.05) is 23.3 Å². The van der Waals surface area contributed by atoms with Gasteiger partial charge in [-0.05, 0) is 18.6 Å². The van der Waals surface area contributed by atoms with Gasteiger partial charge in [0.2, 0.25) is 0 Å². The molecule has 1 unspecified atom stereocenters. The zero-order chi connectivity index (χ0) is 12.4. The molecule has 2 aliphatic rings. The summed E-state index contributed by atoms with van der Waals surface area (Å²) >= 11 is 0. The lowest BCUT2D eigenvalue weighted by molar-refractivity contribution is -0.693. The van der Waals surface area contributed by atoms with Crippen LogP contribution in [-0.4, -0.2) is 23.6 Å². The van der Waals surface area contributed by atoms with Crippen molar-refractivity contribution in [2.75, 3.05) is 6.54 Å². The van der Waals surface area contributed by atoms with Crippen molar-refractivity contribution in [2.45, 2.75) is 18.9 Å². The van der Waals surface area contributed by atoms with Crippen molar-refractivity contribution in [3.63, 3.8) is 0 Å². The summed E-state index contributed by atoms with van der Waals surface area (Å²) in [4.78, 5) is 4.28. The molecule has 0 aliphatic carbocycles. The maximum atomic E-state index is 9.86. The Morgan fingerprint density at radius 3 is 2.94 bits per heavy atom. The third-order valence-corrected chi connectivity index (χ3v) is 3.35. The summed E-state index contributed by atoms with van der Waals surface area (Å²) in [6, 6.07) is 7.65. The van der Waals surface area contributed by atoms with E-state index in [-0.39, 0.29) is 6.04 Å². The fourth-order valence-corrected chi connectivity index (χ4v) is 2.38. The van der Waals surface area contributed by atoms with Crippen molar-refractivity contribution in [3.8, 4) is 5.75 Å². The molecule has 0 fully saturated rings. The van der Waals surface area contributed by atoms with Crippen molar-refractivity contribution in [3.05, 3.63) is 41.5 Å².